The number of thiophene rings is 1. The smallest absolute Gasteiger partial charge is 0.147 e. The molecule has 1 fully saturated rings. The Morgan fingerprint density at radius 2 is 1.84 bits per heavy atom. The maximum absolute atomic E-state index is 13.3. The summed E-state index contributed by atoms with van der Waals surface area (Å²) in [6.45, 7) is 1.92. The van der Waals surface area contributed by atoms with E-state index >= 15 is 0 Å². The van der Waals surface area contributed by atoms with Crippen molar-refractivity contribution in [3.63, 3.8) is 0 Å². The maximum atomic E-state index is 13.3. The molecule has 0 nitrogen and oxygen atoms in total. The maximum Gasteiger partial charge on any atom is 0.600 e. The van der Waals surface area contributed by atoms with Crippen LogP contribution >= 0.6 is 22.9 Å². The van der Waals surface area contributed by atoms with Crippen LogP contribution in [0.25, 0.3) is 10.1 Å². The fourth-order valence-corrected chi connectivity index (χ4v) is 4.68. The molecule has 0 spiro atoms. The number of hydrogen-bond donors (Lipinski definition) is 0. The molecule has 1 unspecified atom stereocenters. The summed E-state index contributed by atoms with van der Waals surface area (Å²) in [5.74, 6) is 0.155. The van der Waals surface area contributed by atoms with E-state index in [0.29, 0.717) is 9.58 Å². The number of alkyl halides is 3. The van der Waals surface area contributed by atoms with Crippen LogP contribution in [0.15, 0.2) is 24.3 Å². The zero-order valence-corrected chi connectivity index (χ0v) is 12.1. The van der Waals surface area contributed by atoms with Crippen LogP contribution in [0.4, 0.5) is 13.2 Å². The minimum Gasteiger partial charge on any atom is -0.147 e. The van der Waals surface area contributed by atoms with Crippen molar-refractivity contribution in [3.05, 3.63) is 34.7 Å². The van der Waals surface area contributed by atoms with Gasteiger partial charge in [0, 0.05) is 17.4 Å². The first-order valence-electron chi connectivity index (χ1n) is 6.10. The molecule has 1 aromatic carbocycles. The van der Waals surface area contributed by atoms with Crippen LogP contribution in [-0.2, 0) is 5.51 Å². The molecule has 3 rings (SSSR count). The Morgan fingerprint density at radius 1 is 1.16 bits per heavy atom. The van der Waals surface area contributed by atoms with Crippen molar-refractivity contribution in [3.8, 4) is 0 Å². The second-order valence-corrected chi connectivity index (χ2v) is 6.95. The number of aryl methyl sites for hydroxylation is 1. The first-order chi connectivity index (χ1) is 8.47. The Bertz CT molecular complexity index is 596. The van der Waals surface area contributed by atoms with Crippen LogP contribution in [0.2, 0.25) is 0 Å². The van der Waals surface area contributed by atoms with E-state index in [-0.39, 0.29) is 18.3 Å². The summed E-state index contributed by atoms with van der Waals surface area (Å²) in [5, 5.41) is 0.776. The Morgan fingerprint density at radius 3 is 2.37 bits per heavy atom. The molecule has 0 bridgehead atoms. The van der Waals surface area contributed by atoms with Gasteiger partial charge in [0.15, 0.2) is 9.58 Å². The van der Waals surface area contributed by atoms with E-state index in [1.807, 2.05) is 13.0 Å². The van der Waals surface area contributed by atoms with Crippen molar-refractivity contribution in [1.29, 1.82) is 0 Å². The molecule has 19 heavy (non-hydrogen) atoms. The molecule has 1 aliphatic rings. The lowest BCUT2D eigenvalue weighted by Gasteiger charge is -2.21. The average molecular weight is 308 g/mol. The molecule has 5 heteroatoms. The van der Waals surface area contributed by atoms with Crippen molar-refractivity contribution in [2.45, 2.75) is 37.6 Å². The van der Waals surface area contributed by atoms with Gasteiger partial charge in [-0.25, -0.2) is 0 Å². The molecule has 1 aliphatic carbocycles. The summed E-state index contributed by atoms with van der Waals surface area (Å²) in [6, 6.07) is 7.10. The third-order valence-corrected chi connectivity index (χ3v) is 5.85. The molecule has 0 amide bonds. The highest BCUT2D eigenvalue weighted by atomic mass is 35.5. The molecule has 0 saturated heterocycles. The molecular formula is C14H15ClF3S+. The SMILES string of the molecule is Cc1ccc2c(c1)cc(C1CCC1)[s+]2C(F)(F)F.Cl. The van der Waals surface area contributed by atoms with E-state index in [1.54, 1.807) is 18.2 Å². The third-order valence-electron chi connectivity index (χ3n) is 3.66. The number of fused-ring (bicyclic) bond motifs is 1. The van der Waals surface area contributed by atoms with Crippen molar-refractivity contribution < 1.29 is 13.2 Å². The van der Waals surface area contributed by atoms with Crippen molar-refractivity contribution in [2.75, 3.05) is 0 Å². The Hall–Kier alpha value is -0.740. The van der Waals surface area contributed by atoms with Crippen LogP contribution in [0.1, 0.15) is 35.6 Å². The molecule has 0 radical (unpaired) electrons. The van der Waals surface area contributed by atoms with Gasteiger partial charge in [0.25, 0.3) is 0 Å². The number of benzene rings is 1. The summed E-state index contributed by atoms with van der Waals surface area (Å²) < 4.78 is 40.3. The number of hydrogen-bond acceptors (Lipinski definition) is 0. The average Bonchev–Trinajstić information content (AvgIpc) is 2.51. The summed E-state index contributed by atoms with van der Waals surface area (Å²) in [4.78, 5) is 0.620. The fourth-order valence-electron chi connectivity index (χ4n) is 2.54. The minimum atomic E-state index is -4.14. The van der Waals surface area contributed by atoms with Gasteiger partial charge in [0.1, 0.15) is 0 Å². The molecule has 2 aromatic rings. The van der Waals surface area contributed by atoms with Gasteiger partial charge in [0.05, 0.1) is 10.5 Å². The first-order valence-corrected chi connectivity index (χ1v) is 7.32. The van der Waals surface area contributed by atoms with Crippen molar-refractivity contribution >= 4 is 33.0 Å². The van der Waals surface area contributed by atoms with Crippen LogP contribution < -0.4 is 0 Å². The van der Waals surface area contributed by atoms with E-state index in [0.717, 1.165) is 30.2 Å². The molecule has 1 heterocycles. The predicted molar refractivity (Wildman–Crippen MR) is 76.3 cm³/mol. The van der Waals surface area contributed by atoms with E-state index in [1.165, 1.54) is 0 Å². The molecule has 1 saturated carbocycles. The van der Waals surface area contributed by atoms with Gasteiger partial charge in [-0.2, -0.15) is 0 Å². The summed E-state index contributed by atoms with van der Waals surface area (Å²) in [7, 11) is -1.68. The van der Waals surface area contributed by atoms with E-state index in [4.69, 9.17) is 0 Å². The minimum absolute atomic E-state index is 0. The van der Waals surface area contributed by atoms with Crippen LogP contribution in [0, 0.1) is 6.92 Å². The molecule has 104 valence electrons. The predicted octanol–water partition coefficient (Wildman–Crippen LogP) is 6.06. The second-order valence-electron chi connectivity index (χ2n) is 4.97. The highest BCUT2D eigenvalue weighted by Crippen LogP contribution is 2.56. The van der Waals surface area contributed by atoms with Gasteiger partial charge >= 0.3 is 5.51 Å². The molecule has 1 atom stereocenters. The monoisotopic (exact) mass is 307 g/mol. The standard InChI is InChI=1S/C14H14F3S.ClH/c1-9-5-6-12-11(7-9)8-13(10-3-2-4-10)18(12)14(15,16)17;/h5-8,10H,2-4H2,1H3;1H/q+1;. The van der Waals surface area contributed by atoms with Gasteiger partial charge in [0.2, 0.25) is 0 Å². The second kappa shape index (κ2) is 4.98. The molecule has 0 N–H and O–H groups in total. The van der Waals surface area contributed by atoms with Crippen molar-refractivity contribution in [1.82, 2.24) is 0 Å². The van der Waals surface area contributed by atoms with Crippen LogP contribution in [0.3, 0.4) is 0 Å². The first kappa shape index (κ1) is 14.7. The largest absolute Gasteiger partial charge is 0.600 e. The highest BCUT2D eigenvalue weighted by Gasteiger charge is 2.50. The van der Waals surface area contributed by atoms with Crippen LogP contribution in [-0.4, -0.2) is 0 Å². The molecular weight excluding hydrogens is 293 g/mol. The van der Waals surface area contributed by atoms with Gasteiger partial charge in [-0.05, 0) is 31.9 Å². The van der Waals surface area contributed by atoms with Gasteiger partial charge in [-0.15, -0.1) is 25.6 Å². The summed E-state index contributed by atoms with van der Waals surface area (Å²) in [6.07, 6.45) is 2.89. The lowest BCUT2D eigenvalue weighted by atomic mass is 9.84. The summed E-state index contributed by atoms with van der Waals surface area (Å²) >= 11 is 0. The van der Waals surface area contributed by atoms with E-state index < -0.39 is 16.0 Å². The Kier molecular flexibility index (Phi) is 3.85. The highest BCUT2D eigenvalue weighted by molar-refractivity contribution is 7.38. The van der Waals surface area contributed by atoms with E-state index in [2.05, 4.69) is 0 Å². The Labute approximate surface area is 119 Å². The van der Waals surface area contributed by atoms with Gasteiger partial charge in [-0.1, -0.05) is 18.1 Å². The topological polar surface area (TPSA) is 0 Å². The molecule has 1 aromatic heterocycles. The normalized spacial score (nSPS) is 17.2. The van der Waals surface area contributed by atoms with Crippen LogP contribution in [0.5, 0.6) is 0 Å². The lowest BCUT2D eigenvalue weighted by molar-refractivity contribution is -0.0868. The Balaban J connectivity index is 0.00000133. The van der Waals surface area contributed by atoms with Gasteiger partial charge < -0.3 is 0 Å². The zero-order chi connectivity index (χ0) is 12.9. The van der Waals surface area contributed by atoms with Crippen molar-refractivity contribution in [2.24, 2.45) is 0 Å². The van der Waals surface area contributed by atoms with Gasteiger partial charge in [-0.3, -0.25) is 0 Å². The number of halogens is 4. The zero-order valence-electron chi connectivity index (χ0n) is 10.5. The third kappa shape index (κ3) is 2.48. The fraction of sp³-hybridized carbons (Fsp3) is 0.429. The molecule has 0 aliphatic heterocycles. The summed E-state index contributed by atoms with van der Waals surface area (Å²) in [5.41, 5.74) is -3.12. The lowest BCUT2D eigenvalue weighted by Crippen LogP contribution is -2.10. The quantitative estimate of drug-likeness (QED) is 0.561. The van der Waals surface area contributed by atoms with E-state index in [9.17, 15) is 13.2 Å². The number of rotatable bonds is 1.